The molecule has 7 heteroatoms. The molecule has 0 radical (unpaired) electrons. The molecule has 1 aliphatic heterocycles. The van der Waals surface area contributed by atoms with E-state index >= 15 is 0 Å². The minimum Gasteiger partial charge on any atom is -0.467 e. The van der Waals surface area contributed by atoms with Gasteiger partial charge in [0.1, 0.15) is 11.3 Å². The molecule has 1 fully saturated rings. The van der Waals surface area contributed by atoms with Gasteiger partial charge in [-0.3, -0.25) is 19.8 Å². The quantitative estimate of drug-likeness (QED) is 0.526. The second-order valence-corrected chi connectivity index (χ2v) is 6.06. The number of thiocarbonyl (C=S) groups is 1. The molecule has 1 N–H and O–H groups in total. The third kappa shape index (κ3) is 2.78. The molecule has 2 aromatic rings. The van der Waals surface area contributed by atoms with E-state index in [0.29, 0.717) is 5.76 Å². The van der Waals surface area contributed by atoms with Gasteiger partial charge in [0.2, 0.25) is 0 Å². The summed E-state index contributed by atoms with van der Waals surface area (Å²) in [6.07, 6.45) is 3.13. The molecule has 0 unspecified atom stereocenters. The molecule has 0 aliphatic carbocycles. The average molecular weight is 343 g/mol. The molecule has 2 aromatic heterocycles. The summed E-state index contributed by atoms with van der Waals surface area (Å²) < 4.78 is 7.27. The zero-order chi connectivity index (χ0) is 17.4. The van der Waals surface area contributed by atoms with Gasteiger partial charge in [0.05, 0.1) is 12.8 Å². The summed E-state index contributed by atoms with van der Waals surface area (Å²) in [7, 11) is 1.94. The minimum absolute atomic E-state index is 0.0591. The van der Waals surface area contributed by atoms with E-state index in [0.717, 1.165) is 17.0 Å². The molecule has 2 amide bonds. The lowest BCUT2D eigenvalue weighted by Gasteiger charge is -2.28. The molecule has 0 saturated carbocycles. The Morgan fingerprint density at radius 2 is 2.08 bits per heavy atom. The minimum atomic E-state index is -0.485. The van der Waals surface area contributed by atoms with Gasteiger partial charge in [-0.2, -0.15) is 0 Å². The molecule has 6 nitrogen and oxygen atoms in total. The Kier molecular flexibility index (Phi) is 4.11. The van der Waals surface area contributed by atoms with Crippen LogP contribution in [0.25, 0.3) is 6.08 Å². The molecule has 0 aromatic carbocycles. The standard InChI is InChI=1S/C17H17N3O3S/c1-10-7-12(11(2)19(10)3)8-14-15(21)18-17(24)20(16(14)22)9-13-5-4-6-23-13/h4-8H,9H2,1-3H3,(H,18,21,24)/b14-8-. The molecule has 0 spiro atoms. The van der Waals surface area contributed by atoms with Gasteiger partial charge in [0, 0.05) is 18.4 Å². The maximum atomic E-state index is 12.7. The highest BCUT2D eigenvalue weighted by Crippen LogP contribution is 2.21. The van der Waals surface area contributed by atoms with Crippen LogP contribution < -0.4 is 5.32 Å². The van der Waals surface area contributed by atoms with Gasteiger partial charge in [-0.1, -0.05) is 0 Å². The maximum Gasteiger partial charge on any atom is 0.266 e. The van der Waals surface area contributed by atoms with Gasteiger partial charge in [0.25, 0.3) is 11.8 Å². The van der Waals surface area contributed by atoms with Crippen molar-refractivity contribution in [2.75, 3.05) is 0 Å². The van der Waals surface area contributed by atoms with Crippen molar-refractivity contribution in [2.45, 2.75) is 20.4 Å². The van der Waals surface area contributed by atoms with E-state index in [-0.39, 0.29) is 17.2 Å². The number of hydrogen-bond acceptors (Lipinski definition) is 4. The van der Waals surface area contributed by atoms with Gasteiger partial charge >= 0.3 is 0 Å². The fourth-order valence-electron chi connectivity index (χ4n) is 2.58. The molecule has 3 heterocycles. The number of carbonyl (C=O) groups is 2. The second-order valence-electron chi connectivity index (χ2n) is 5.67. The van der Waals surface area contributed by atoms with Crippen molar-refractivity contribution in [1.29, 1.82) is 0 Å². The van der Waals surface area contributed by atoms with Gasteiger partial charge in [-0.05, 0) is 55.9 Å². The number of nitrogens with one attached hydrogen (secondary N) is 1. The first kappa shape index (κ1) is 16.2. The highest BCUT2D eigenvalue weighted by Gasteiger charge is 2.34. The highest BCUT2D eigenvalue weighted by molar-refractivity contribution is 7.80. The Morgan fingerprint density at radius 1 is 1.33 bits per heavy atom. The van der Waals surface area contributed by atoms with E-state index < -0.39 is 11.8 Å². The summed E-state index contributed by atoms with van der Waals surface area (Å²) >= 11 is 5.12. The van der Waals surface area contributed by atoms with Crippen LogP contribution in [0.5, 0.6) is 0 Å². The van der Waals surface area contributed by atoms with Crippen LogP contribution in [-0.4, -0.2) is 26.4 Å². The van der Waals surface area contributed by atoms with Gasteiger partial charge in [-0.25, -0.2) is 0 Å². The lowest BCUT2D eigenvalue weighted by atomic mass is 10.1. The smallest absolute Gasteiger partial charge is 0.266 e. The number of aryl methyl sites for hydroxylation is 1. The summed E-state index contributed by atoms with van der Waals surface area (Å²) in [5, 5.41) is 2.65. The second kappa shape index (κ2) is 6.09. The summed E-state index contributed by atoms with van der Waals surface area (Å²) in [6.45, 7) is 4.08. The summed E-state index contributed by atoms with van der Waals surface area (Å²) in [5.74, 6) is -0.324. The molecule has 3 rings (SSSR count). The predicted octanol–water partition coefficient (Wildman–Crippen LogP) is 2.06. The van der Waals surface area contributed by atoms with Gasteiger partial charge < -0.3 is 8.98 Å². The van der Waals surface area contributed by atoms with E-state index in [1.807, 2.05) is 31.5 Å². The number of amides is 2. The fraction of sp³-hybridized carbons (Fsp3) is 0.235. The number of aromatic nitrogens is 1. The Labute approximate surface area is 144 Å². The Balaban J connectivity index is 1.96. The first-order valence-corrected chi connectivity index (χ1v) is 7.83. The summed E-state index contributed by atoms with van der Waals surface area (Å²) in [4.78, 5) is 26.3. The van der Waals surface area contributed by atoms with Crippen LogP contribution in [0.1, 0.15) is 22.7 Å². The van der Waals surface area contributed by atoms with Crippen molar-refractivity contribution in [2.24, 2.45) is 7.05 Å². The van der Waals surface area contributed by atoms with Crippen LogP contribution in [0.15, 0.2) is 34.5 Å². The fourth-order valence-corrected chi connectivity index (χ4v) is 2.82. The lowest BCUT2D eigenvalue weighted by Crippen LogP contribution is -2.53. The van der Waals surface area contributed by atoms with Crippen molar-refractivity contribution < 1.29 is 14.0 Å². The highest BCUT2D eigenvalue weighted by atomic mass is 32.1. The Morgan fingerprint density at radius 3 is 2.67 bits per heavy atom. The van der Waals surface area contributed by atoms with Crippen LogP contribution in [-0.2, 0) is 23.2 Å². The van der Waals surface area contributed by atoms with E-state index in [1.165, 1.54) is 11.2 Å². The number of carbonyl (C=O) groups excluding carboxylic acids is 2. The van der Waals surface area contributed by atoms with Crippen LogP contribution in [0.4, 0.5) is 0 Å². The molecule has 0 bridgehead atoms. The van der Waals surface area contributed by atoms with Gasteiger partial charge in [0.15, 0.2) is 5.11 Å². The third-order valence-corrected chi connectivity index (χ3v) is 4.52. The molecular formula is C17H17N3O3S. The maximum absolute atomic E-state index is 12.7. The lowest BCUT2D eigenvalue weighted by molar-refractivity contribution is -0.129. The van der Waals surface area contributed by atoms with E-state index in [4.69, 9.17) is 16.6 Å². The zero-order valence-corrected chi connectivity index (χ0v) is 14.4. The first-order valence-electron chi connectivity index (χ1n) is 7.42. The van der Waals surface area contributed by atoms with Gasteiger partial charge in [-0.15, -0.1) is 0 Å². The third-order valence-electron chi connectivity index (χ3n) is 4.19. The topological polar surface area (TPSA) is 67.5 Å². The molecule has 24 heavy (non-hydrogen) atoms. The van der Waals surface area contributed by atoms with Crippen LogP contribution >= 0.6 is 12.2 Å². The average Bonchev–Trinajstić information content (AvgIpc) is 3.13. The van der Waals surface area contributed by atoms with Crippen LogP contribution in [0, 0.1) is 13.8 Å². The van der Waals surface area contributed by atoms with Crippen molar-refractivity contribution in [1.82, 2.24) is 14.8 Å². The molecular weight excluding hydrogens is 326 g/mol. The number of furan rings is 1. The molecule has 1 saturated heterocycles. The van der Waals surface area contributed by atoms with E-state index in [1.54, 1.807) is 18.2 Å². The number of hydrogen-bond donors (Lipinski definition) is 1. The van der Waals surface area contributed by atoms with Crippen molar-refractivity contribution in [3.63, 3.8) is 0 Å². The number of rotatable bonds is 3. The number of nitrogens with zero attached hydrogens (tertiary/aromatic N) is 2. The van der Waals surface area contributed by atoms with E-state index in [9.17, 15) is 9.59 Å². The predicted molar refractivity (Wildman–Crippen MR) is 92.9 cm³/mol. The molecule has 124 valence electrons. The Bertz CT molecular complexity index is 862. The monoisotopic (exact) mass is 343 g/mol. The first-order chi connectivity index (χ1) is 11.4. The van der Waals surface area contributed by atoms with Crippen LogP contribution in [0.3, 0.4) is 0 Å². The molecule has 0 atom stereocenters. The van der Waals surface area contributed by atoms with Crippen molar-refractivity contribution in [3.05, 3.63) is 52.7 Å². The molecule has 1 aliphatic rings. The van der Waals surface area contributed by atoms with Crippen LogP contribution in [0.2, 0.25) is 0 Å². The SMILES string of the molecule is Cc1cc(/C=C2/C(=O)NC(=S)N(Cc3ccco3)C2=O)c(C)n1C. The largest absolute Gasteiger partial charge is 0.467 e. The Hall–Kier alpha value is -2.67. The van der Waals surface area contributed by atoms with Crippen molar-refractivity contribution in [3.8, 4) is 0 Å². The summed E-state index contributed by atoms with van der Waals surface area (Å²) in [6, 6.07) is 5.42. The zero-order valence-electron chi connectivity index (χ0n) is 13.6. The van der Waals surface area contributed by atoms with Crippen molar-refractivity contribution >= 4 is 35.2 Å². The van der Waals surface area contributed by atoms with E-state index in [2.05, 4.69) is 5.32 Å². The normalized spacial score (nSPS) is 16.9. The summed E-state index contributed by atoms with van der Waals surface area (Å²) in [5.41, 5.74) is 2.92.